The van der Waals surface area contributed by atoms with Gasteiger partial charge >= 0.3 is 0 Å². The van der Waals surface area contributed by atoms with Gasteiger partial charge in [0, 0.05) is 18.5 Å². The lowest BCUT2D eigenvalue weighted by Gasteiger charge is -2.53. The molecule has 0 bridgehead atoms. The lowest BCUT2D eigenvalue weighted by atomic mass is 9.64. The summed E-state index contributed by atoms with van der Waals surface area (Å²) in [6.45, 7) is 0.826. The summed E-state index contributed by atoms with van der Waals surface area (Å²) in [6, 6.07) is 13.9. The fourth-order valence-corrected chi connectivity index (χ4v) is 3.35. The van der Waals surface area contributed by atoms with E-state index in [0.717, 1.165) is 11.1 Å². The monoisotopic (exact) mass is 389 g/mol. The molecule has 8 heteroatoms. The molecule has 5 atom stereocenters. The Labute approximate surface area is 161 Å². The Morgan fingerprint density at radius 3 is 2.14 bits per heavy atom. The summed E-state index contributed by atoms with van der Waals surface area (Å²) in [5, 5.41) is 51.9. The number of ether oxygens (including phenoxy) is 1. The number of amides is 1. The summed E-state index contributed by atoms with van der Waals surface area (Å²) >= 11 is 0. The van der Waals surface area contributed by atoms with Crippen molar-refractivity contribution in [3.63, 3.8) is 0 Å². The lowest BCUT2D eigenvalue weighted by molar-refractivity contribution is -0.332. The molecule has 1 saturated carbocycles. The van der Waals surface area contributed by atoms with Gasteiger partial charge in [-0.05, 0) is 35.4 Å². The van der Waals surface area contributed by atoms with Gasteiger partial charge in [0.05, 0.1) is 12.7 Å². The molecule has 1 fully saturated rings. The second-order valence-electron chi connectivity index (χ2n) is 6.86. The van der Waals surface area contributed by atoms with Crippen molar-refractivity contribution in [2.45, 2.75) is 31.0 Å². The highest BCUT2D eigenvalue weighted by Gasteiger charge is 2.65. The molecule has 0 aromatic heterocycles. The number of aliphatic hydroxyl groups excluding tert-OH is 4. The van der Waals surface area contributed by atoms with E-state index in [0.29, 0.717) is 5.69 Å². The maximum Gasteiger partial charge on any atom is 0.229 e. The van der Waals surface area contributed by atoms with Crippen LogP contribution in [0.1, 0.15) is 6.92 Å². The van der Waals surface area contributed by atoms with Gasteiger partial charge in [-0.2, -0.15) is 0 Å². The number of nitrogens with one attached hydrogen (secondary N) is 1. The molecule has 6 N–H and O–H groups in total. The quantitative estimate of drug-likeness (QED) is 0.385. The van der Waals surface area contributed by atoms with Gasteiger partial charge in [-0.25, -0.2) is 0 Å². The molecular weight excluding hydrogens is 366 g/mol. The number of carbonyl (C=O) groups excluding carboxylic acids is 1. The fraction of sp³-hybridized carbons (Fsp3) is 0.350. The molecule has 0 saturated heterocycles. The topological polar surface area (TPSA) is 139 Å². The zero-order valence-corrected chi connectivity index (χ0v) is 15.2. The van der Waals surface area contributed by atoms with Gasteiger partial charge < -0.3 is 35.6 Å². The van der Waals surface area contributed by atoms with Crippen molar-refractivity contribution in [2.75, 3.05) is 11.9 Å². The first-order chi connectivity index (χ1) is 13.3. The molecule has 2 aromatic rings. The van der Waals surface area contributed by atoms with Gasteiger partial charge in [0.2, 0.25) is 12.2 Å². The second-order valence-corrected chi connectivity index (χ2v) is 6.86. The molecule has 2 aromatic carbocycles. The molecule has 0 spiro atoms. The van der Waals surface area contributed by atoms with Crippen LogP contribution in [0.25, 0.3) is 11.1 Å². The van der Waals surface area contributed by atoms with Crippen LogP contribution >= 0.6 is 0 Å². The first-order valence-corrected chi connectivity index (χ1v) is 8.79. The minimum atomic E-state index is -2.16. The number of aliphatic hydroxyl groups is 5. The Kier molecular flexibility index (Phi) is 5.69. The highest BCUT2D eigenvalue weighted by molar-refractivity contribution is 5.89. The normalized spacial score (nSPS) is 27.6. The fourth-order valence-electron chi connectivity index (χ4n) is 3.35. The molecule has 0 heterocycles. The molecule has 28 heavy (non-hydrogen) atoms. The molecule has 0 aliphatic heterocycles. The van der Waals surface area contributed by atoms with Crippen molar-refractivity contribution in [1.82, 2.24) is 0 Å². The van der Waals surface area contributed by atoms with E-state index in [9.17, 15) is 30.3 Å². The number of hydrogen-bond acceptors (Lipinski definition) is 7. The van der Waals surface area contributed by atoms with Crippen LogP contribution < -0.4 is 10.1 Å². The third-order valence-electron chi connectivity index (χ3n) is 5.04. The van der Waals surface area contributed by atoms with Crippen LogP contribution in [0.15, 0.2) is 48.5 Å². The zero-order valence-electron chi connectivity index (χ0n) is 15.2. The Bertz CT molecular complexity index is 823. The van der Waals surface area contributed by atoms with Crippen LogP contribution in [0.2, 0.25) is 0 Å². The summed E-state index contributed by atoms with van der Waals surface area (Å²) in [6.07, 6.45) is -4.79. The predicted molar refractivity (Wildman–Crippen MR) is 100 cm³/mol. The maximum atomic E-state index is 11.1. The second kappa shape index (κ2) is 7.86. The number of hydrogen-bond donors (Lipinski definition) is 6. The van der Waals surface area contributed by atoms with Crippen molar-refractivity contribution in [3.05, 3.63) is 48.5 Å². The van der Waals surface area contributed by atoms with Crippen LogP contribution in [-0.2, 0) is 4.79 Å². The van der Waals surface area contributed by atoms with E-state index in [-0.39, 0.29) is 11.7 Å². The van der Waals surface area contributed by atoms with Crippen LogP contribution in [0, 0.1) is 5.92 Å². The highest BCUT2D eigenvalue weighted by Crippen LogP contribution is 2.42. The number of rotatable bonds is 6. The van der Waals surface area contributed by atoms with Crippen molar-refractivity contribution in [3.8, 4) is 16.9 Å². The summed E-state index contributed by atoms with van der Waals surface area (Å²) < 4.78 is 5.30. The minimum absolute atomic E-state index is 0.151. The third kappa shape index (κ3) is 3.60. The largest absolute Gasteiger partial charge is 0.462 e. The first-order valence-electron chi connectivity index (χ1n) is 8.79. The number of anilines is 1. The Hall–Kier alpha value is -2.49. The number of carbonyl (C=O) groups is 1. The molecular formula is C20H23NO7. The average Bonchev–Trinajstić information content (AvgIpc) is 2.68. The van der Waals surface area contributed by atoms with Gasteiger partial charge in [-0.15, -0.1) is 0 Å². The maximum absolute atomic E-state index is 11.1. The van der Waals surface area contributed by atoms with Gasteiger partial charge in [0.15, 0.2) is 5.60 Å². The van der Waals surface area contributed by atoms with E-state index >= 15 is 0 Å². The van der Waals surface area contributed by atoms with Gasteiger partial charge in [-0.1, -0.05) is 24.3 Å². The van der Waals surface area contributed by atoms with E-state index < -0.39 is 36.6 Å². The molecule has 5 unspecified atom stereocenters. The molecule has 1 amide bonds. The Morgan fingerprint density at radius 2 is 1.64 bits per heavy atom. The summed E-state index contributed by atoms with van der Waals surface area (Å²) in [5.74, 6) is -1.02. The summed E-state index contributed by atoms with van der Waals surface area (Å²) in [7, 11) is 0. The van der Waals surface area contributed by atoms with Crippen molar-refractivity contribution >= 4 is 11.6 Å². The van der Waals surface area contributed by atoms with E-state index in [2.05, 4.69) is 5.32 Å². The van der Waals surface area contributed by atoms with Crippen molar-refractivity contribution in [1.29, 1.82) is 0 Å². The van der Waals surface area contributed by atoms with E-state index in [1.807, 2.05) is 12.1 Å². The lowest BCUT2D eigenvalue weighted by Crippen LogP contribution is -2.76. The molecule has 1 aliphatic carbocycles. The van der Waals surface area contributed by atoms with Crippen molar-refractivity contribution in [2.24, 2.45) is 5.92 Å². The third-order valence-corrected chi connectivity index (χ3v) is 5.04. The van der Waals surface area contributed by atoms with E-state index in [1.165, 1.54) is 6.92 Å². The van der Waals surface area contributed by atoms with E-state index in [1.54, 1.807) is 36.4 Å². The predicted octanol–water partition coefficient (Wildman–Crippen LogP) is 0.0842. The standard InChI is InChI=1S/C20H23NO7/c1-11(23)21-14-6-2-12(3-7-14)13-4-8-15(9-5-13)28-19(26)20(27)16(10-22)17(24)18(20)25/h2-9,16-19,22,24-27H,10H2,1H3,(H,21,23). The average molecular weight is 389 g/mol. The Balaban J connectivity index is 1.68. The molecule has 0 radical (unpaired) electrons. The van der Waals surface area contributed by atoms with Gasteiger partial charge in [0.25, 0.3) is 0 Å². The SMILES string of the molecule is CC(=O)Nc1ccc(-c2ccc(OC(O)C3(O)C(O)C(O)C3CO)cc2)cc1. The minimum Gasteiger partial charge on any atom is -0.462 e. The van der Waals surface area contributed by atoms with Gasteiger partial charge in [0.1, 0.15) is 11.9 Å². The van der Waals surface area contributed by atoms with Crippen LogP contribution in [0.4, 0.5) is 5.69 Å². The van der Waals surface area contributed by atoms with Crippen molar-refractivity contribution < 1.29 is 35.1 Å². The zero-order chi connectivity index (χ0) is 20.5. The van der Waals surface area contributed by atoms with Crippen LogP contribution in [0.3, 0.4) is 0 Å². The van der Waals surface area contributed by atoms with E-state index in [4.69, 9.17) is 4.74 Å². The highest BCUT2D eigenvalue weighted by atomic mass is 16.6. The number of benzene rings is 2. The first kappa shape index (κ1) is 20.2. The smallest absolute Gasteiger partial charge is 0.229 e. The molecule has 3 rings (SSSR count). The molecule has 8 nitrogen and oxygen atoms in total. The van der Waals surface area contributed by atoms with Crippen LogP contribution in [0.5, 0.6) is 5.75 Å². The molecule has 150 valence electrons. The molecule has 1 aliphatic rings. The Morgan fingerprint density at radius 1 is 1.11 bits per heavy atom. The summed E-state index contributed by atoms with van der Waals surface area (Å²) in [5.41, 5.74) is 0.291. The van der Waals surface area contributed by atoms with Gasteiger partial charge in [-0.3, -0.25) is 4.79 Å². The summed E-state index contributed by atoms with van der Waals surface area (Å²) in [4.78, 5) is 11.1. The van der Waals surface area contributed by atoms with Crippen LogP contribution in [-0.4, -0.2) is 62.1 Å².